The molecule has 0 atom stereocenters. The van der Waals surface area contributed by atoms with Crippen LogP contribution >= 0.6 is 0 Å². The minimum absolute atomic E-state index is 0. The SMILES string of the molecule is CN1[CH-]N(c2[c-]cccc2)c2nccnc21.[Ir].[Ir].[Ir].[c-]1ccccc1N1[CH-]N(c2ccccc2)C(c2ccccc2)=N1.[c-]1ccccc1N1[CH-]N(c2ccccc2)C(c2ccccc2)=N1.[c-]1ccccc1N1[CH-]N(c2ccccc2)C(c2ccccc2)=N1.[c-]1ccccc1N1[CH-]N(c2ccccc2)c2nccnc21.[c-]1ccccc1N1[CH-]N(c2ccccc2)c2nccnc21. The fourth-order valence-corrected chi connectivity index (χ4v) is 14.1. The molecular formula is C106H79Ir3N21-12. The van der Waals surface area contributed by atoms with Crippen LogP contribution in [0.25, 0.3) is 0 Å². The van der Waals surface area contributed by atoms with Crippen molar-refractivity contribution in [2.75, 3.05) is 66.2 Å². The molecule has 0 fully saturated rings. The predicted octanol–water partition coefficient (Wildman–Crippen LogP) is 22.2. The van der Waals surface area contributed by atoms with Crippen molar-refractivity contribution in [1.82, 2.24) is 29.9 Å². The summed E-state index contributed by atoms with van der Waals surface area (Å²) in [7, 11) is 1.95. The maximum atomic E-state index is 4.78. The molecule has 14 aromatic carbocycles. The standard InChI is InChI=1S/3C20H15N3.2C17H12N4.C12H10N4.3Ir/c3*1-4-10-17(11-5-1)20-21-23(19-14-8-3-9-15-19)16-22(20)18-12-6-2-7-13-18;2*1-3-7-14(8-4-1)20-13-21(15-9-5-2-6-10-15)17-16(20)18-11-12-19-17;1-15-9-16(10-5-3-2-4-6-10)12-11(15)13-7-8-14-12;;;/h3*1-14,16H;2*1-9,11-13H;2-5,7-9H,1H3;;;/q6*-2;;;. The molecule has 24 heteroatoms. The van der Waals surface area contributed by atoms with Crippen molar-refractivity contribution in [1.29, 1.82) is 0 Å². The van der Waals surface area contributed by atoms with Crippen LogP contribution in [0.3, 0.4) is 0 Å². The average molecular weight is 2220 g/mol. The van der Waals surface area contributed by atoms with Gasteiger partial charge in [0.25, 0.3) is 0 Å². The molecular weight excluding hydrogens is 2140 g/mol. The van der Waals surface area contributed by atoms with E-state index >= 15 is 0 Å². The zero-order chi connectivity index (χ0) is 85.6. The first-order valence-corrected chi connectivity index (χ1v) is 40.9. The van der Waals surface area contributed by atoms with Crippen LogP contribution in [-0.4, -0.2) is 54.5 Å². The van der Waals surface area contributed by atoms with Crippen LogP contribution in [-0.2, 0) is 60.3 Å². The Kier molecular flexibility index (Phi) is 30.6. The van der Waals surface area contributed by atoms with Crippen molar-refractivity contribution in [2.45, 2.75) is 0 Å². The summed E-state index contributed by atoms with van der Waals surface area (Å²) in [6.45, 7) is 11.9. The normalized spacial score (nSPS) is 13.5. The monoisotopic (exact) mass is 2220 g/mol. The topological polar surface area (TPSA) is 153 Å². The summed E-state index contributed by atoms with van der Waals surface area (Å²) < 4.78 is 0. The Hall–Kier alpha value is -15.1. The second-order valence-electron chi connectivity index (χ2n) is 28.4. The van der Waals surface area contributed by atoms with Gasteiger partial charge in [0.15, 0.2) is 0 Å². The van der Waals surface area contributed by atoms with E-state index in [4.69, 9.17) is 15.3 Å². The summed E-state index contributed by atoms with van der Waals surface area (Å²) in [5.41, 5.74) is 14.2. The van der Waals surface area contributed by atoms with Crippen LogP contribution in [0.2, 0.25) is 0 Å². The van der Waals surface area contributed by atoms with Gasteiger partial charge in [-0.25, -0.2) is 29.9 Å². The van der Waals surface area contributed by atoms with Crippen LogP contribution in [0, 0.1) is 76.4 Å². The third-order valence-corrected chi connectivity index (χ3v) is 20.1. The molecule has 0 spiro atoms. The summed E-state index contributed by atoms with van der Waals surface area (Å²) >= 11 is 0. The molecule has 0 aliphatic carbocycles. The van der Waals surface area contributed by atoms with E-state index in [1.165, 1.54) is 0 Å². The number of rotatable bonds is 14. The first-order chi connectivity index (χ1) is 63.0. The summed E-state index contributed by atoms with van der Waals surface area (Å²) in [6.07, 6.45) is 10.2. The van der Waals surface area contributed by atoms with E-state index < -0.39 is 0 Å². The number of benzene rings is 14. The number of hydrazone groups is 3. The predicted molar refractivity (Wildman–Crippen MR) is 509 cm³/mol. The molecule has 17 aromatic rings. The van der Waals surface area contributed by atoms with E-state index in [1.54, 1.807) is 37.2 Å². The van der Waals surface area contributed by atoms with Crippen molar-refractivity contribution < 1.29 is 60.3 Å². The van der Waals surface area contributed by atoms with Gasteiger partial charge < -0.3 is 59.1 Å². The summed E-state index contributed by atoms with van der Waals surface area (Å²) in [5.74, 6) is 7.65. The van der Waals surface area contributed by atoms with E-state index in [9.17, 15) is 0 Å². The summed E-state index contributed by atoms with van der Waals surface area (Å²) in [6, 6.07) is 148. The summed E-state index contributed by atoms with van der Waals surface area (Å²) in [4.78, 5) is 44.8. The first kappa shape index (κ1) is 89.7. The Morgan fingerprint density at radius 3 is 0.638 bits per heavy atom. The maximum Gasteiger partial charge on any atom is 0.145 e. The molecule has 3 aromatic heterocycles. The molecule has 0 saturated carbocycles. The molecule has 23 rings (SSSR count). The van der Waals surface area contributed by atoms with Gasteiger partial charge in [-0.15, -0.1) is 75.3 Å². The number of hydrogen-bond donors (Lipinski definition) is 0. The van der Waals surface area contributed by atoms with E-state index in [-0.39, 0.29) is 60.3 Å². The Balaban J connectivity index is 0.000000119. The van der Waals surface area contributed by atoms with Crippen LogP contribution in [0.1, 0.15) is 16.7 Å². The zero-order valence-corrected chi connectivity index (χ0v) is 77.0. The van der Waals surface area contributed by atoms with Gasteiger partial charge in [-0.2, -0.15) is 179 Å². The number of anilines is 17. The summed E-state index contributed by atoms with van der Waals surface area (Å²) in [5, 5.41) is 19.9. The van der Waals surface area contributed by atoms with Crippen LogP contribution in [0.15, 0.2) is 441 Å². The number of nitrogens with zero attached hydrogens (tertiary/aromatic N) is 21. The van der Waals surface area contributed by atoms with E-state index in [0.717, 1.165) is 132 Å². The Bertz CT molecular complexity index is 5820. The van der Waals surface area contributed by atoms with Gasteiger partial charge in [0.05, 0.1) is 0 Å². The molecule has 130 heavy (non-hydrogen) atoms. The number of amidine groups is 3. The third kappa shape index (κ3) is 21.2. The number of fused-ring (bicyclic) bond motifs is 3. The Morgan fingerprint density at radius 2 is 0.392 bits per heavy atom. The second-order valence-corrected chi connectivity index (χ2v) is 28.4. The van der Waals surface area contributed by atoms with Crippen molar-refractivity contribution in [3.63, 3.8) is 0 Å². The smallest absolute Gasteiger partial charge is 0.145 e. The molecule has 9 heterocycles. The number of para-hydroxylation sites is 11. The minimum Gasteiger partial charge on any atom is -0.487 e. The molecule has 21 nitrogen and oxygen atoms in total. The molecule has 6 aliphatic rings. The largest absolute Gasteiger partial charge is 0.487 e. The van der Waals surface area contributed by atoms with Gasteiger partial charge >= 0.3 is 0 Å². The molecule has 3 radical (unpaired) electrons. The van der Waals surface area contributed by atoms with E-state index in [0.29, 0.717) is 0 Å². The number of aromatic nitrogens is 6. The van der Waals surface area contributed by atoms with Gasteiger partial charge in [-0.3, -0.25) is 0 Å². The van der Waals surface area contributed by atoms with Gasteiger partial charge in [0.2, 0.25) is 0 Å². The fraction of sp³-hybridized carbons (Fsp3) is 0.00943. The van der Waals surface area contributed by atoms with Crippen LogP contribution < -0.4 is 59.1 Å². The van der Waals surface area contributed by atoms with E-state index in [2.05, 4.69) is 154 Å². The van der Waals surface area contributed by atoms with Crippen LogP contribution in [0.4, 0.5) is 97.5 Å². The van der Waals surface area contributed by atoms with E-state index in [1.807, 2.05) is 407 Å². The fourth-order valence-electron chi connectivity index (χ4n) is 14.1. The van der Waals surface area contributed by atoms with Gasteiger partial charge in [0.1, 0.15) is 52.4 Å². The van der Waals surface area contributed by atoms with Crippen molar-refractivity contribution >= 4 is 115 Å². The van der Waals surface area contributed by atoms with Crippen molar-refractivity contribution in [3.05, 3.63) is 519 Å². The maximum absolute atomic E-state index is 4.78. The number of hydrogen-bond acceptors (Lipinski definition) is 21. The zero-order valence-electron chi connectivity index (χ0n) is 69.8. The Labute approximate surface area is 798 Å². The molecule has 647 valence electrons. The Morgan fingerprint density at radius 1 is 0.192 bits per heavy atom. The second kappa shape index (κ2) is 44.3. The van der Waals surface area contributed by atoms with Crippen molar-refractivity contribution in [3.8, 4) is 0 Å². The van der Waals surface area contributed by atoms with Crippen LogP contribution in [0.5, 0.6) is 0 Å². The van der Waals surface area contributed by atoms with Gasteiger partial charge in [0, 0.05) is 143 Å². The quantitative estimate of drug-likeness (QED) is 0.0948. The molecule has 6 aliphatic heterocycles. The third-order valence-electron chi connectivity index (χ3n) is 20.1. The molecule has 0 saturated heterocycles. The van der Waals surface area contributed by atoms with Gasteiger partial charge in [-0.1, -0.05) is 199 Å². The minimum atomic E-state index is 0. The van der Waals surface area contributed by atoms with Crippen molar-refractivity contribution in [2.24, 2.45) is 15.3 Å². The molecule has 0 amide bonds. The molecule has 0 bridgehead atoms. The molecule has 0 unspecified atom stereocenters. The van der Waals surface area contributed by atoms with Gasteiger partial charge in [-0.05, 0) is 67.7 Å². The first-order valence-electron chi connectivity index (χ1n) is 40.9. The average Bonchev–Trinajstić information content (AvgIpc) is 1.61. The molecule has 0 N–H and O–H groups in total.